The van der Waals surface area contributed by atoms with Gasteiger partial charge >= 0.3 is 0 Å². The van der Waals surface area contributed by atoms with Crippen molar-refractivity contribution in [1.29, 1.82) is 0 Å². The monoisotopic (exact) mass is 361 g/mol. The van der Waals surface area contributed by atoms with Crippen LogP contribution in [0.5, 0.6) is 0 Å². The Morgan fingerprint density at radius 1 is 1.31 bits per heavy atom. The van der Waals surface area contributed by atoms with Gasteiger partial charge in [0.1, 0.15) is 23.0 Å². The molecule has 1 aliphatic heterocycles. The number of carbonyl (C=O) groups is 2. The summed E-state index contributed by atoms with van der Waals surface area (Å²) in [5, 5.41) is 6.47. The number of nitrogens with one attached hydrogen (secondary N) is 1. The molecule has 1 aromatic heterocycles. The third kappa shape index (κ3) is 4.15. The number of hydrogen-bond acceptors (Lipinski definition) is 3. The van der Waals surface area contributed by atoms with Gasteiger partial charge in [-0.3, -0.25) is 14.7 Å². The van der Waals surface area contributed by atoms with Crippen LogP contribution in [0.4, 0.5) is 8.78 Å². The van der Waals surface area contributed by atoms with E-state index in [0.29, 0.717) is 30.8 Å². The van der Waals surface area contributed by atoms with E-state index in [1.807, 2.05) is 0 Å². The average molecular weight is 361 g/mol. The van der Waals surface area contributed by atoms with E-state index < -0.39 is 11.6 Å². The smallest absolute Gasteiger partial charge is 0.271 e. The number of piperidine rings is 1. The highest BCUT2D eigenvalue weighted by Crippen LogP contribution is 2.23. The number of aromatic amines is 1. The lowest BCUT2D eigenvalue weighted by Gasteiger charge is -2.32. The Balaban J connectivity index is 1.59. The molecule has 1 aliphatic rings. The van der Waals surface area contributed by atoms with E-state index in [0.717, 1.165) is 25.3 Å². The number of carbonyl (C=O) groups excluding carboxylic acids is 2. The maximum absolute atomic E-state index is 13.8. The van der Waals surface area contributed by atoms with Gasteiger partial charge in [0.15, 0.2) is 5.78 Å². The quantitative estimate of drug-likeness (QED) is 0.831. The molecule has 1 saturated heterocycles. The van der Waals surface area contributed by atoms with Crippen LogP contribution in [0.15, 0.2) is 24.3 Å². The molecule has 1 atom stereocenters. The van der Waals surface area contributed by atoms with Gasteiger partial charge in [0.05, 0.1) is 0 Å². The minimum Gasteiger partial charge on any atom is -0.337 e. The molecular weight excluding hydrogens is 340 g/mol. The van der Waals surface area contributed by atoms with Crippen LogP contribution in [0.3, 0.4) is 0 Å². The zero-order valence-corrected chi connectivity index (χ0v) is 14.6. The van der Waals surface area contributed by atoms with Crippen molar-refractivity contribution in [1.82, 2.24) is 15.1 Å². The molecule has 0 bridgehead atoms. The predicted molar refractivity (Wildman–Crippen MR) is 91.9 cm³/mol. The number of aryl methyl sites for hydroxylation is 1. The van der Waals surface area contributed by atoms with E-state index in [1.165, 1.54) is 25.1 Å². The van der Waals surface area contributed by atoms with Gasteiger partial charge in [-0.1, -0.05) is 6.07 Å². The Morgan fingerprint density at radius 2 is 2.12 bits per heavy atom. The topological polar surface area (TPSA) is 66.1 Å². The minimum atomic E-state index is -0.579. The number of halogens is 2. The van der Waals surface area contributed by atoms with Gasteiger partial charge < -0.3 is 4.90 Å². The van der Waals surface area contributed by atoms with Crippen LogP contribution in [0.1, 0.15) is 52.7 Å². The normalized spacial score (nSPS) is 17.3. The molecule has 26 heavy (non-hydrogen) atoms. The number of hydrogen-bond donors (Lipinski definition) is 1. The number of likely N-dealkylation sites (tertiary alicyclic amines) is 1. The molecule has 0 radical (unpaired) electrons. The number of benzene rings is 1. The van der Waals surface area contributed by atoms with Crippen molar-refractivity contribution >= 4 is 11.7 Å². The second-order valence-corrected chi connectivity index (χ2v) is 6.76. The van der Waals surface area contributed by atoms with E-state index >= 15 is 0 Å². The lowest BCUT2D eigenvalue weighted by atomic mass is 9.91. The molecule has 2 heterocycles. The van der Waals surface area contributed by atoms with Gasteiger partial charge in [0, 0.05) is 26.1 Å². The number of rotatable bonds is 5. The fourth-order valence-electron chi connectivity index (χ4n) is 3.35. The third-order valence-corrected chi connectivity index (χ3v) is 4.81. The molecule has 0 unspecified atom stereocenters. The highest BCUT2D eigenvalue weighted by Gasteiger charge is 2.26. The molecule has 138 valence electrons. The SMILES string of the molecule is CC(=O)c1cc(C(=O)N2CCC[C@@H](CCc3ccc(F)cc3F)C2)[nH]n1. The summed E-state index contributed by atoms with van der Waals surface area (Å²) in [6.45, 7) is 2.63. The van der Waals surface area contributed by atoms with Crippen molar-refractivity contribution in [3.63, 3.8) is 0 Å². The van der Waals surface area contributed by atoms with Crippen molar-refractivity contribution in [3.05, 3.63) is 52.9 Å². The van der Waals surface area contributed by atoms with Crippen molar-refractivity contribution in [2.24, 2.45) is 5.92 Å². The van der Waals surface area contributed by atoms with E-state index in [1.54, 1.807) is 4.90 Å². The van der Waals surface area contributed by atoms with Crippen LogP contribution >= 0.6 is 0 Å². The van der Waals surface area contributed by atoms with Crippen molar-refractivity contribution in [2.45, 2.75) is 32.6 Å². The van der Waals surface area contributed by atoms with Crippen LogP contribution in [0, 0.1) is 17.6 Å². The molecule has 5 nitrogen and oxygen atoms in total. The molecule has 3 rings (SSSR count). The maximum atomic E-state index is 13.8. The number of ketones is 1. The second-order valence-electron chi connectivity index (χ2n) is 6.76. The largest absolute Gasteiger partial charge is 0.337 e. The first-order valence-corrected chi connectivity index (χ1v) is 8.73. The van der Waals surface area contributed by atoms with Gasteiger partial charge in [-0.15, -0.1) is 0 Å². The first kappa shape index (κ1) is 18.2. The first-order valence-electron chi connectivity index (χ1n) is 8.73. The summed E-state index contributed by atoms with van der Waals surface area (Å²) < 4.78 is 26.7. The Bertz CT molecular complexity index is 819. The molecule has 1 fully saturated rings. The van der Waals surface area contributed by atoms with Crippen molar-refractivity contribution in [2.75, 3.05) is 13.1 Å². The van der Waals surface area contributed by atoms with Gasteiger partial charge in [-0.2, -0.15) is 5.10 Å². The zero-order chi connectivity index (χ0) is 18.7. The summed E-state index contributed by atoms with van der Waals surface area (Å²) in [6, 6.07) is 5.11. The summed E-state index contributed by atoms with van der Waals surface area (Å²) >= 11 is 0. The minimum absolute atomic E-state index is 0.178. The third-order valence-electron chi connectivity index (χ3n) is 4.81. The average Bonchev–Trinajstić information content (AvgIpc) is 3.11. The lowest BCUT2D eigenvalue weighted by molar-refractivity contribution is 0.0662. The fraction of sp³-hybridized carbons (Fsp3) is 0.421. The summed E-state index contributed by atoms with van der Waals surface area (Å²) in [6.07, 6.45) is 3.08. The molecule has 0 aliphatic carbocycles. The molecule has 7 heteroatoms. The molecule has 0 spiro atoms. The van der Waals surface area contributed by atoms with E-state index in [2.05, 4.69) is 10.2 Å². The Morgan fingerprint density at radius 3 is 2.81 bits per heavy atom. The van der Waals surface area contributed by atoms with Gasteiger partial charge in [0.2, 0.25) is 0 Å². The number of H-pyrrole nitrogens is 1. The molecule has 1 aromatic carbocycles. The predicted octanol–water partition coefficient (Wildman–Crippen LogP) is 3.38. The fourth-order valence-corrected chi connectivity index (χ4v) is 3.35. The van der Waals surface area contributed by atoms with Gasteiger partial charge in [-0.05, 0) is 49.3 Å². The molecule has 0 saturated carbocycles. The molecule has 2 aromatic rings. The second kappa shape index (κ2) is 7.76. The molecular formula is C19H21F2N3O2. The summed E-state index contributed by atoms with van der Waals surface area (Å²) in [5.74, 6) is -1.22. The van der Waals surface area contributed by atoms with Crippen molar-refractivity contribution in [3.8, 4) is 0 Å². The van der Waals surface area contributed by atoms with Crippen LogP contribution < -0.4 is 0 Å². The lowest BCUT2D eigenvalue weighted by Crippen LogP contribution is -2.40. The van der Waals surface area contributed by atoms with E-state index in [-0.39, 0.29) is 23.3 Å². The Kier molecular flexibility index (Phi) is 5.44. The number of Topliss-reactive ketones (excluding diaryl/α,β-unsaturated/α-hetero) is 1. The number of nitrogens with zero attached hydrogens (tertiary/aromatic N) is 2. The van der Waals surface area contributed by atoms with Crippen molar-refractivity contribution < 1.29 is 18.4 Å². The highest BCUT2D eigenvalue weighted by atomic mass is 19.1. The maximum Gasteiger partial charge on any atom is 0.271 e. The van der Waals surface area contributed by atoms with E-state index in [9.17, 15) is 18.4 Å². The summed E-state index contributed by atoms with van der Waals surface area (Å²) in [7, 11) is 0. The Labute approximate surface area is 150 Å². The standard InChI is InChI=1S/C19H21F2N3O2/c1-12(25)17-10-18(23-22-17)19(26)24-8-2-3-13(11-24)4-5-14-6-7-15(20)9-16(14)21/h6-7,9-10,13H,2-5,8,11H2,1H3,(H,22,23)/t13-/m0/s1. The zero-order valence-electron chi connectivity index (χ0n) is 14.6. The van der Waals surface area contributed by atoms with Crippen LogP contribution in [-0.2, 0) is 6.42 Å². The molecule has 1 amide bonds. The van der Waals surface area contributed by atoms with Crippen LogP contribution in [0.25, 0.3) is 0 Å². The van der Waals surface area contributed by atoms with Crippen LogP contribution in [-0.4, -0.2) is 39.9 Å². The van der Waals surface area contributed by atoms with Gasteiger partial charge in [-0.25, -0.2) is 8.78 Å². The van der Waals surface area contributed by atoms with Gasteiger partial charge in [0.25, 0.3) is 5.91 Å². The highest BCUT2D eigenvalue weighted by molar-refractivity contribution is 5.97. The number of aromatic nitrogens is 2. The van der Waals surface area contributed by atoms with E-state index in [4.69, 9.17) is 0 Å². The molecule has 1 N–H and O–H groups in total. The van der Waals surface area contributed by atoms with Crippen LogP contribution in [0.2, 0.25) is 0 Å². The summed E-state index contributed by atoms with van der Waals surface area (Å²) in [4.78, 5) is 25.6. The summed E-state index contributed by atoms with van der Waals surface area (Å²) in [5.41, 5.74) is 1.05. The number of amides is 1. The Hall–Kier alpha value is -2.57. The first-order chi connectivity index (χ1) is 12.4.